The number of aliphatic hydroxyl groups excluding tert-OH is 1. The summed E-state index contributed by atoms with van der Waals surface area (Å²) in [6, 6.07) is 0. The van der Waals surface area contributed by atoms with Gasteiger partial charge in [-0.25, -0.2) is 0 Å². The van der Waals surface area contributed by atoms with Crippen molar-refractivity contribution in [1.29, 1.82) is 0 Å². The summed E-state index contributed by atoms with van der Waals surface area (Å²) >= 11 is 0. The first kappa shape index (κ1) is 23.1. The molecule has 3 saturated carbocycles. The first-order valence-corrected chi connectivity index (χ1v) is 13.6. The Labute approximate surface area is 197 Å². The molecule has 1 N–H and O–H groups in total. The van der Waals surface area contributed by atoms with E-state index in [0.29, 0.717) is 23.0 Å². The van der Waals surface area contributed by atoms with Crippen molar-refractivity contribution in [3.63, 3.8) is 0 Å². The summed E-state index contributed by atoms with van der Waals surface area (Å²) < 4.78 is 0. The first-order valence-electron chi connectivity index (χ1n) is 13.6. The molecule has 0 heterocycles. The SMILES string of the molecule is CC1(C)CC[C@]2(C)C(=O)C[C@]3(C)C4=C(CC[C@@]3(C)[C@@H]2C1)[C@@]1(C)CC[C@H](O)C(C)(C)[C@@H]1CC4. The highest BCUT2D eigenvalue weighted by molar-refractivity contribution is 5.87. The molecule has 0 radical (unpaired) electrons. The fourth-order valence-corrected chi connectivity index (χ4v) is 10.2. The van der Waals surface area contributed by atoms with Gasteiger partial charge in [0.05, 0.1) is 6.10 Å². The number of ketones is 1. The Hall–Kier alpha value is -0.630. The van der Waals surface area contributed by atoms with E-state index in [1.54, 1.807) is 11.1 Å². The predicted octanol–water partition coefficient (Wildman–Crippen LogP) is 7.49. The highest BCUT2D eigenvalue weighted by Gasteiger charge is 2.68. The molecule has 2 heteroatoms. The Kier molecular flexibility index (Phi) is 4.71. The van der Waals surface area contributed by atoms with E-state index in [1.807, 2.05) is 0 Å². The zero-order valence-corrected chi connectivity index (χ0v) is 22.2. The molecule has 3 fully saturated rings. The van der Waals surface area contributed by atoms with Crippen LogP contribution in [0, 0.1) is 44.3 Å². The zero-order chi connectivity index (χ0) is 23.5. The summed E-state index contributed by atoms with van der Waals surface area (Å²) in [5.74, 6) is 1.59. The van der Waals surface area contributed by atoms with Gasteiger partial charge >= 0.3 is 0 Å². The molecule has 0 amide bonds. The van der Waals surface area contributed by atoms with Crippen LogP contribution in [0.4, 0.5) is 0 Å². The van der Waals surface area contributed by atoms with Gasteiger partial charge in [-0.3, -0.25) is 4.79 Å². The highest BCUT2D eigenvalue weighted by atomic mass is 16.3. The minimum atomic E-state index is -0.186. The van der Waals surface area contributed by atoms with E-state index >= 15 is 0 Å². The van der Waals surface area contributed by atoms with Gasteiger partial charge in [-0.15, -0.1) is 0 Å². The molecule has 0 spiro atoms. The molecule has 5 aliphatic carbocycles. The molecule has 5 rings (SSSR count). The summed E-state index contributed by atoms with van der Waals surface area (Å²) in [7, 11) is 0. The number of aliphatic hydroxyl groups is 1. The Bertz CT molecular complexity index is 879. The van der Waals surface area contributed by atoms with Gasteiger partial charge in [-0.1, -0.05) is 66.5 Å². The minimum absolute atomic E-state index is 0.00342. The molecule has 0 bridgehead atoms. The second-order valence-electron chi connectivity index (χ2n) is 15.0. The Morgan fingerprint density at radius 1 is 0.750 bits per heavy atom. The van der Waals surface area contributed by atoms with Crippen LogP contribution >= 0.6 is 0 Å². The van der Waals surface area contributed by atoms with Crippen molar-refractivity contribution in [2.24, 2.45) is 44.3 Å². The van der Waals surface area contributed by atoms with Crippen molar-refractivity contribution in [3.05, 3.63) is 11.1 Å². The molecular weight excluding hydrogens is 392 g/mol. The molecule has 0 saturated heterocycles. The van der Waals surface area contributed by atoms with Gasteiger partial charge in [0.2, 0.25) is 0 Å². The van der Waals surface area contributed by atoms with Gasteiger partial charge in [0.1, 0.15) is 5.78 Å². The smallest absolute Gasteiger partial charge is 0.139 e. The van der Waals surface area contributed by atoms with Gasteiger partial charge in [-0.05, 0) is 91.3 Å². The lowest BCUT2D eigenvalue weighted by Gasteiger charge is -2.69. The molecular formula is C30H48O2. The molecule has 0 aromatic rings. The van der Waals surface area contributed by atoms with Gasteiger partial charge < -0.3 is 5.11 Å². The largest absolute Gasteiger partial charge is 0.393 e. The number of Topliss-reactive ketones (excluding diaryl/α,β-unsaturated/α-hetero) is 1. The number of hydrogen-bond acceptors (Lipinski definition) is 2. The van der Waals surface area contributed by atoms with Crippen LogP contribution in [0.3, 0.4) is 0 Å². The van der Waals surface area contributed by atoms with Crippen molar-refractivity contribution in [2.45, 2.75) is 126 Å². The second kappa shape index (κ2) is 6.52. The van der Waals surface area contributed by atoms with Crippen LogP contribution in [0.25, 0.3) is 0 Å². The summed E-state index contributed by atoms with van der Waals surface area (Å²) in [5.41, 5.74) is 3.98. The van der Waals surface area contributed by atoms with Gasteiger partial charge in [0.25, 0.3) is 0 Å². The van der Waals surface area contributed by atoms with E-state index in [4.69, 9.17) is 0 Å². The quantitative estimate of drug-likeness (QED) is 0.396. The standard InChI is InChI=1S/C30H48O2/c1-25(2)15-16-28(6)22(17-25)29(7)14-11-19-20(30(29,8)18-24(28)32)9-10-21-26(3,4)23(31)12-13-27(19,21)5/h21-23,31H,9-18H2,1-8H3/t21-,22+,23-,27+,28-,29-,30+/m0/s1. The maximum Gasteiger partial charge on any atom is 0.139 e. The molecule has 0 aliphatic heterocycles. The van der Waals surface area contributed by atoms with Crippen molar-refractivity contribution >= 4 is 5.78 Å². The van der Waals surface area contributed by atoms with Crippen LogP contribution in [-0.4, -0.2) is 17.0 Å². The van der Waals surface area contributed by atoms with Crippen LogP contribution in [0.5, 0.6) is 0 Å². The van der Waals surface area contributed by atoms with E-state index in [1.165, 1.54) is 32.1 Å². The third-order valence-corrected chi connectivity index (χ3v) is 12.8. The molecule has 0 aromatic carbocycles. The number of fused-ring (bicyclic) bond motifs is 6. The van der Waals surface area contributed by atoms with E-state index in [9.17, 15) is 9.90 Å². The van der Waals surface area contributed by atoms with Crippen molar-refractivity contribution < 1.29 is 9.90 Å². The molecule has 5 aliphatic rings. The van der Waals surface area contributed by atoms with Gasteiger partial charge in [-0.2, -0.15) is 0 Å². The topological polar surface area (TPSA) is 37.3 Å². The fourth-order valence-electron chi connectivity index (χ4n) is 10.2. The van der Waals surface area contributed by atoms with Crippen molar-refractivity contribution in [3.8, 4) is 0 Å². The lowest BCUT2D eigenvalue weighted by molar-refractivity contribution is -0.174. The van der Waals surface area contributed by atoms with E-state index in [2.05, 4.69) is 55.4 Å². The zero-order valence-electron chi connectivity index (χ0n) is 22.2. The number of allylic oxidation sites excluding steroid dienone is 2. The third kappa shape index (κ3) is 2.65. The Morgan fingerprint density at radius 3 is 2.12 bits per heavy atom. The monoisotopic (exact) mass is 440 g/mol. The Morgan fingerprint density at radius 2 is 1.44 bits per heavy atom. The third-order valence-electron chi connectivity index (χ3n) is 12.8. The van der Waals surface area contributed by atoms with E-state index < -0.39 is 0 Å². The lowest BCUT2D eigenvalue weighted by Crippen LogP contribution is -2.63. The molecule has 0 aromatic heterocycles. The normalized spacial score (nSPS) is 51.9. The van der Waals surface area contributed by atoms with Gasteiger partial charge in [0, 0.05) is 17.3 Å². The number of carbonyl (C=O) groups excluding carboxylic acids is 1. The lowest BCUT2D eigenvalue weighted by atomic mass is 9.35. The Balaban J connectivity index is 1.63. The van der Waals surface area contributed by atoms with Crippen LogP contribution in [0.1, 0.15) is 120 Å². The molecule has 2 nitrogen and oxygen atoms in total. The average molecular weight is 441 g/mol. The second-order valence-corrected chi connectivity index (χ2v) is 15.0. The molecule has 0 unspecified atom stereocenters. The van der Waals surface area contributed by atoms with E-state index in [0.717, 1.165) is 32.1 Å². The summed E-state index contributed by atoms with van der Waals surface area (Å²) in [6.45, 7) is 19.4. The number of hydrogen-bond donors (Lipinski definition) is 1. The summed E-state index contributed by atoms with van der Waals surface area (Å²) in [6.07, 6.45) is 10.8. The van der Waals surface area contributed by atoms with Crippen LogP contribution in [0.2, 0.25) is 0 Å². The fraction of sp³-hybridized carbons (Fsp3) is 0.900. The highest BCUT2D eigenvalue weighted by Crippen LogP contribution is 2.74. The van der Waals surface area contributed by atoms with Crippen LogP contribution in [0.15, 0.2) is 11.1 Å². The molecule has 180 valence electrons. The number of carbonyl (C=O) groups is 1. The molecule has 32 heavy (non-hydrogen) atoms. The summed E-state index contributed by atoms with van der Waals surface area (Å²) in [5, 5.41) is 10.8. The van der Waals surface area contributed by atoms with Crippen molar-refractivity contribution in [2.75, 3.05) is 0 Å². The first-order chi connectivity index (χ1) is 14.6. The number of rotatable bonds is 0. The molecule has 7 atom stereocenters. The maximum absolute atomic E-state index is 13.9. The predicted molar refractivity (Wildman–Crippen MR) is 131 cm³/mol. The van der Waals surface area contributed by atoms with E-state index in [-0.39, 0.29) is 33.2 Å². The van der Waals surface area contributed by atoms with Crippen LogP contribution < -0.4 is 0 Å². The van der Waals surface area contributed by atoms with Crippen LogP contribution in [-0.2, 0) is 4.79 Å². The average Bonchev–Trinajstić information content (AvgIpc) is 2.69. The van der Waals surface area contributed by atoms with Gasteiger partial charge in [0.15, 0.2) is 0 Å². The maximum atomic E-state index is 13.9. The van der Waals surface area contributed by atoms with Crippen molar-refractivity contribution in [1.82, 2.24) is 0 Å². The minimum Gasteiger partial charge on any atom is -0.393 e. The summed E-state index contributed by atoms with van der Waals surface area (Å²) in [4.78, 5) is 13.9.